The Hall–Kier alpha value is 0.528. The van der Waals surface area contributed by atoms with Crippen LogP contribution < -0.4 is 0 Å². The van der Waals surface area contributed by atoms with Crippen LogP contribution >= 0.6 is 0 Å². The Balaban J connectivity index is -0.000000213. The van der Waals surface area contributed by atoms with E-state index in [2.05, 4.69) is 0 Å². The third kappa shape index (κ3) is 5.76. The van der Waals surface area contributed by atoms with Crippen LogP contribution in [0.1, 0.15) is 25.7 Å². The maximum absolute atomic E-state index is 7.29. The van der Waals surface area contributed by atoms with Gasteiger partial charge in [0.25, 0.3) is 0 Å². The molecule has 0 spiro atoms. The number of hydrogen-bond donors (Lipinski definition) is 0. The minimum Gasteiger partial charge on any atom is -0.676 e. The summed E-state index contributed by atoms with van der Waals surface area (Å²) in [5.74, 6) is 0. The molecule has 70 valence electrons. The van der Waals surface area contributed by atoms with E-state index in [4.69, 9.17) is 11.5 Å². The molecular formula is C6H16N2O2Pt+2. The van der Waals surface area contributed by atoms with Gasteiger partial charge in [0, 0.05) is 0 Å². The second kappa shape index (κ2) is 8.62. The quantitative estimate of drug-likeness (QED) is 0.618. The Morgan fingerprint density at radius 1 is 0.818 bits per heavy atom. The van der Waals surface area contributed by atoms with Gasteiger partial charge in [-0.25, -0.2) is 0 Å². The van der Waals surface area contributed by atoms with Gasteiger partial charge < -0.3 is 22.4 Å². The van der Waals surface area contributed by atoms with Gasteiger partial charge in [-0.2, -0.15) is 12.1 Å². The van der Waals surface area contributed by atoms with Crippen LogP contribution in [0.5, 0.6) is 0 Å². The summed E-state index contributed by atoms with van der Waals surface area (Å²) in [5.41, 5.74) is 14.6. The van der Waals surface area contributed by atoms with Crippen LogP contribution in [0.3, 0.4) is 0 Å². The number of nitrogens with one attached hydrogen (secondary N) is 2. The molecule has 0 saturated heterocycles. The van der Waals surface area contributed by atoms with Gasteiger partial charge in [0.1, 0.15) is 0 Å². The van der Waals surface area contributed by atoms with Crippen molar-refractivity contribution in [2.75, 3.05) is 0 Å². The van der Waals surface area contributed by atoms with Gasteiger partial charge in [-0.3, -0.25) is 0 Å². The van der Waals surface area contributed by atoms with E-state index < -0.39 is 0 Å². The maximum atomic E-state index is 7.29. The molecule has 0 aromatic rings. The fraction of sp³-hybridized carbons (Fsp3) is 1.00. The number of hydrogen-bond acceptors (Lipinski definition) is 0. The van der Waals surface area contributed by atoms with E-state index >= 15 is 0 Å². The smallest absolute Gasteiger partial charge is 0.676 e. The van der Waals surface area contributed by atoms with Crippen LogP contribution in [0.4, 0.5) is 0 Å². The van der Waals surface area contributed by atoms with Crippen LogP contribution in [-0.4, -0.2) is 23.0 Å². The zero-order valence-electron chi connectivity index (χ0n) is 6.30. The summed E-state index contributed by atoms with van der Waals surface area (Å²) in [6.07, 6.45) is 4.25. The Bertz CT molecular complexity index is 75.0. The minimum atomic E-state index is -0.0799. The van der Waals surface area contributed by atoms with Crippen molar-refractivity contribution in [3.8, 4) is 0 Å². The molecule has 0 amide bonds. The topological polar surface area (TPSA) is 111 Å². The minimum absolute atomic E-state index is 0. The molecule has 0 aliphatic heterocycles. The second-order valence-corrected chi connectivity index (χ2v) is 2.50. The van der Waals surface area contributed by atoms with Crippen molar-refractivity contribution in [2.24, 2.45) is 0 Å². The summed E-state index contributed by atoms with van der Waals surface area (Å²) in [5, 5.41) is 0. The summed E-state index contributed by atoms with van der Waals surface area (Å²) in [7, 11) is 0. The predicted octanol–water partition coefficient (Wildman–Crippen LogP) is 0.750. The monoisotopic (exact) mass is 343 g/mol. The van der Waals surface area contributed by atoms with Crippen molar-refractivity contribution < 1.29 is 32.0 Å². The zero-order chi connectivity index (χ0) is 5.98. The van der Waals surface area contributed by atoms with E-state index in [-0.39, 0.29) is 44.1 Å². The molecular weight excluding hydrogens is 327 g/mol. The standard InChI is InChI=1S/C6H12N2.2H2O.Pt/c7-5-3-1-2-4-6(5)8;;;/h5-8H,1-4H2;2*1H2;/q-2;;;+4. The summed E-state index contributed by atoms with van der Waals surface area (Å²) < 4.78 is 0. The SMILES string of the molecule is O.O.[NH-]C1CCCCC1[NH-].[Pt+4]. The van der Waals surface area contributed by atoms with E-state index in [1.54, 1.807) is 0 Å². The molecule has 0 bridgehead atoms. The molecule has 2 atom stereocenters. The van der Waals surface area contributed by atoms with Crippen LogP contribution in [0, 0.1) is 0 Å². The van der Waals surface area contributed by atoms with E-state index in [0.29, 0.717) is 0 Å². The van der Waals surface area contributed by atoms with Gasteiger partial charge in [0.15, 0.2) is 0 Å². The Morgan fingerprint density at radius 3 is 1.27 bits per heavy atom. The summed E-state index contributed by atoms with van der Waals surface area (Å²) >= 11 is 0. The fourth-order valence-corrected chi connectivity index (χ4v) is 1.13. The Morgan fingerprint density at radius 2 is 1.09 bits per heavy atom. The van der Waals surface area contributed by atoms with Crippen LogP contribution in [0.15, 0.2) is 0 Å². The molecule has 0 radical (unpaired) electrons. The molecule has 0 heterocycles. The van der Waals surface area contributed by atoms with Gasteiger partial charge in [0.05, 0.1) is 0 Å². The molecule has 6 N–H and O–H groups in total. The summed E-state index contributed by atoms with van der Waals surface area (Å²) in [6.45, 7) is 0. The first-order chi connectivity index (χ1) is 3.80. The van der Waals surface area contributed by atoms with Crippen LogP contribution in [-0.2, 0) is 21.1 Å². The molecule has 2 unspecified atom stereocenters. The fourth-order valence-electron chi connectivity index (χ4n) is 1.13. The van der Waals surface area contributed by atoms with Crippen LogP contribution in [0.2, 0.25) is 0 Å². The first kappa shape index (κ1) is 17.6. The average Bonchev–Trinajstić information content (AvgIpc) is 1.77. The molecule has 11 heavy (non-hydrogen) atoms. The van der Waals surface area contributed by atoms with E-state index in [0.717, 1.165) is 12.8 Å². The molecule has 5 heteroatoms. The van der Waals surface area contributed by atoms with Crippen molar-refractivity contribution in [1.82, 2.24) is 0 Å². The van der Waals surface area contributed by atoms with Crippen molar-refractivity contribution in [3.63, 3.8) is 0 Å². The van der Waals surface area contributed by atoms with E-state index in [1.165, 1.54) is 12.8 Å². The normalized spacial score (nSPS) is 28.9. The average molecular weight is 343 g/mol. The Kier molecular flexibility index (Phi) is 13.8. The van der Waals surface area contributed by atoms with Gasteiger partial charge in [0.2, 0.25) is 0 Å². The van der Waals surface area contributed by atoms with Gasteiger partial charge in [-0.1, -0.05) is 25.7 Å². The number of rotatable bonds is 0. The first-order valence-electron chi connectivity index (χ1n) is 3.23. The molecule has 4 nitrogen and oxygen atoms in total. The molecule has 0 aromatic heterocycles. The van der Waals surface area contributed by atoms with Crippen molar-refractivity contribution in [2.45, 2.75) is 37.8 Å². The molecule has 1 aliphatic carbocycles. The Labute approximate surface area is 81.6 Å². The largest absolute Gasteiger partial charge is 4.00 e. The molecule has 1 aliphatic rings. The maximum Gasteiger partial charge on any atom is 4.00 e. The van der Waals surface area contributed by atoms with Crippen molar-refractivity contribution in [1.29, 1.82) is 0 Å². The summed E-state index contributed by atoms with van der Waals surface area (Å²) in [4.78, 5) is 0. The predicted molar refractivity (Wildman–Crippen MR) is 41.9 cm³/mol. The van der Waals surface area contributed by atoms with Gasteiger partial charge in [-0.15, -0.1) is 0 Å². The zero-order valence-corrected chi connectivity index (χ0v) is 8.57. The molecule has 0 aromatic carbocycles. The first-order valence-corrected chi connectivity index (χ1v) is 3.23. The second-order valence-electron chi connectivity index (χ2n) is 2.50. The molecule has 1 saturated carbocycles. The molecule has 1 rings (SSSR count). The van der Waals surface area contributed by atoms with Crippen LogP contribution in [0.25, 0.3) is 11.5 Å². The van der Waals surface area contributed by atoms with Gasteiger partial charge in [-0.05, 0) is 0 Å². The summed E-state index contributed by atoms with van der Waals surface area (Å²) in [6, 6.07) is -0.160. The molecule has 1 fully saturated rings. The van der Waals surface area contributed by atoms with E-state index in [9.17, 15) is 0 Å². The van der Waals surface area contributed by atoms with Crippen molar-refractivity contribution >= 4 is 0 Å². The van der Waals surface area contributed by atoms with Crippen molar-refractivity contribution in [3.05, 3.63) is 11.5 Å². The third-order valence-corrected chi connectivity index (χ3v) is 1.77. The van der Waals surface area contributed by atoms with E-state index in [1.807, 2.05) is 0 Å². The van der Waals surface area contributed by atoms with Gasteiger partial charge >= 0.3 is 21.1 Å². The third-order valence-electron chi connectivity index (χ3n) is 1.77.